The monoisotopic (exact) mass is 508 g/mol. The number of amides is 5. The molecule has 0 aliphatic carbocycles. The average molecular weight is 509 g/mol. The van der Waals surface area contributed by atoms with Gasteiger partial charge in [0.1, 0.15) is 6.04 Å². The van der Waals surface area contributed by atoms with Crippen LogP contribution in [0.5, 0.6) is 0 Å². The first-order chi connectivity index (χ1) is 17.5. The van der Waals surface area contributed by atoms with Gasteiger partial charge in [0.2, 0.25) is 5.91 Å². The number of benzene rings is 2. The number of piperidine rings is 1. The van der Waals surface area contributed by atoms with Crippen molar-refractivity contribution < 1.29 is 14.4 Å². The maximum absolute atomic E-state index is 13.6. The van der Waals surface area contributed by atoms with Crippen LogP contribution in [-0.2, 0) is 11.2 Å². The molecule has 36 heavy (non-hydrogen) atoms. The molecule has 2 aromatic carbocycles. The second kappa shape index (κ2) is 10.8. The van der Waals surface area contributed by atoms with Gasteiger partial charge in [-0.3, -0.25) is 4.79 Å². The third-order valence-electron chi connectivity index (χ3n) is 7.33. The molecule has 0 saturated carbocycles. The van der Waals surface area contributed by atoms with Crippen LogP contribution in [0.3, 0.4) is 0 Å². The summed E-state index contributed by atoms with van der Waals surface area (Å²) in [7, 11) is 0. The van der Waals surface area contributed by atoms with Crippen molar-refractivity contribution in [3.05, 3.63) is 76.7 Å². The standard InChI is InChI=1S/C27H31ClN5O3/c28-20-8-6-18(7-9-20)16-23(31-27(36)33-12-3-13-33)25(34)32-14-10-19(11-15-32)21-4-1-2-5-22(21)24-17-29-26(35)30-24/h1-9,19,23-24H,10-17H2,(H,31,36)(H2,29,30,35)/t23-,24?/m1/s1. The summed E-state index contributed by atoms with van der Waals surface area (Å²) in [5, 5.41) is 9.43. The van der Waals surface area contributed by atoms with Crippen LogP contribution in [0.1, 0.15) is 41.5 Å². The number of halogens is 1. The van der Waals surface area contributed by atoms with Crippen molar-refractivity contribution >= 4 is 29.6 Å². The minimum Gasteiger partial charge on any atom is -0.341 e. The number of nitrogens with one attached hydrogen (secondary N) is 3. The van der Waals surface area contributed by atoms with Gasteiger partial charge >= 0.3 is 12.1 Å². The van der Waals surface area contributed by atoms with Crippen LogP contribution in [0.15, 0.2) is 48.5 Å². The Morgan fingerprint density at radius 1 is 1.00 bits per heavy atom. The van der Waals surface area contributed by atoms with Crippen molar-refractivity contribution in [2.24, 2.45) is 0 Å². The van der Waals surface area contributed by atoms with Crippen LogP contribution >= 0.6 is 11.6 Å². The van der Waals surface area contributed by atoms with Crippen molar-refractivity contribution in [1.29, 1.82) is 0 Å². The first-order valence-corrected chi connectivity index (χ1v) is 12.9. The van der Waals surface area contributed by atoms with Gasteiger partial charge in [0.25, 0.3) is 0 Å². The lowest BCUT2D eigenvalue weighted by atomic mass is 9.84. The zero-order valence-electron chi connectivity index (χ0n) is 20.1. The predicted molar refractivity (Wildman–Crippen MR) is 138 cm³/mol. The molecular weight excluding hydrogens is 478 g/mol. The molecule has 3 heterocycles. The van der Waals surface area contributed by atoms with Crippen molar-refractivity contribution in [1.82, 2.24) is 25.8 Å². The molecule has 3 aliphatic heterocycles. The first-order valence-electron chi connectivity index (χ1n) is 12.5. The molecule has 0 spiro atoms. The lowest BCUT2D eigenvalue weighted by Gasteiger charge is -2.37. The molecular formula is C27H31ClN5O3. The number of rotatable bonds is 6. The maximum atomic E-state index is 13.6. The normalized spacial score (nSPS) is 20.8. The topological polar surface area (TPSA) is 93.8 Å². The van der Waals surface area contributed by atoms with Gasteiger partial charge in [-0.25, -0.2) is 9.59 Å². The number of carbonyl (C=O) groups is 3. The predicted octanol–water partition coefficient (Wildman–Crippen LogP) is 3.24. The SMILES string of the molecule is O=C1NCC(c2ccccc2C2CCN(C(=O)[C@@H](Cc3ccc(Cl)cc3)NC(=O)N3C[CH]C3)CC2)N1. The number of urea groups is 2. The van der Waals surface area contributed by atoms with Gasteiger partial charge < -0.3 is 25.8 Å². The van der Waals surface area contributed by atoms with E-state index in [1.54, 1.807) is 17.0 Å². The van der Waals surface area contributed by atoms with Crippen molar-refractivity contribution in [3.8, 4) is 0 Å². The summed E-state index contributed by atoms with van der Waals surface area (Å²) < 4.78 is 0. The van der Waals surface area contributed by atoms with Gasteiger partial charge in [0.15, 0.2) is 0 Å². The van der Waals surface area contributed by atoms with E-state index in [-0.39, 0.29) is 24.0 Å². The second-order valence-electron chi connectivity index (χ2n) is 9.66. The smallest absolute Gasteiger partial charge is 0.318 e. The summed E-state index contributed by atoms with van der Waals surface area (Å²) in [6.45, 7) is 3.04. The van der Waals surface area contributed by atoms with E-state index in [0.29, 0.717) is 50.1 Å². The van der Waals surface area contributed by atoms with Crippen molar-refractivity contribution in [3.63, 3.8) is 0 Å². The van der Waals surface area contributed by atoms with Crippen LogP contribution in [0.2, 0.25) is 5.02 Å². The lowest BCUT2D eigenvalue weighted by molar-refractivity contribution is -0.134. The van der Waals surface area contributed by atoms with Gasteiger partial charge in [-0.1, -0.05) is 48.0 Å². The van der Waals surface area contributed by atoms with E-state index in [4.69, 9.17) is 11.6 Å². The minimum absolute atomic E-state index is 0.0360. The zero-order valence-corrected chi connectivity index (χ0v) is 20.8. The molecule has 2 aromatic rings. The Balaban J connectivity index is 1.25. The van der Waals surface area contributed by atoms with Crippen LogP contribution in [0.4, 0.5) is 9.59 Å². The van der Waals surface area contributed by atoms with E-state index in [1.807, 2.05) is 35.6 Å². The van der Waals surface area contributed by atoms with E-state index in [9.17, 15) is 14.4 Å². The Morgan fingerprint density at radius 2 is 1.69 bits per heavy atom. The van der Waals surface area contributed by atoms with Gasteiger partial charge in [0.05, 0.1) is 6.04 Å². The molecule has 3 fully saturated rings. The number of hydrogen-bond donors (Lipinski definition) is 3. The molecule has 1 radical (unpaired) electrons. The molecule has 1 unspecified atom stereocenters. The number of likely N-dealkylation sites (tertiary alicyclic amines) is 2. The quantitative estimate of drug-likeness (QED) is 0.559. The third kappa shape index (κ3) is 5.43. The average Bonchev–Trinajstić information content (AvgIpc) is 3.29. The molecule has 5 amide bonds. The molecule has 3 aliphatic rings. The molecule has 5 rings (SSSR count). The van der Waals surface area contributed by atoms with E-state index in [2.05, 4.69) is 28.1 Å². The summed E-state index contributed by atoms with van der Waals surface area (Å²) in [6.07, 6.45) is 4.10. The number of hydrogen-bond acceptors (Lipinski definition) is 3. The second-order valence-corrected chi connectivity index (χ2v) is 10.1. The minimum atomic E-state index is -0.636. The molecule has 0 bridgehead atoms. The molecule has 3 N–H and O–H groups in total. The van der Waals surface area contributed by atoms with E-state index >= 15 is 0 Å². The molecule has 2 atom stereocenters. The Morgan fingerprint density at radius 3 is 2.31 bits per heavy atom. The van der Waals surface area contributed by atoms with Crippen molar-refractivity contribution in [2.75, 3.05) is 32.7 Å². The molecule has 189 valence electrons. The van der Waals surface area contributed by atoms with Crippen LogP contribution in [0.25, 0.3) is 0 Å². The summed E-state index contributed by atoms with van der Waals surface area (Å²) in [4.78, 5) is 41.5. The number of nitrogens with zero attached hydrogens (tertiary/aromatic N) is 2. The van der Waals surface area contributed by atoms with Gasteiger partial charge in [0, 0.05) is 50.6 Å². The summed E-state index contributed by atoms with van der Waals surface area (Å²) in [5.74, 6) is 0.255. The summed E-state index contributed by atoms with van der Waals surface area (Å²) in [6, 6.07) is 14.6. The fourth-order valence-corrected chi connectivity index (χ4v) is 5.32. The zero-order chi connectivity index (χ0) is 25.1. The van der Waals surface area contributed by atoms with Gasteiger partial charge in [-0.15, -0.1) is 0 Å². The summed E-state index contributed by atoms with van der Waals surface area (Å²) in [5.41, 5.74) is 3.32. The summed E-state index contributed by atoms with van der Waals surface area (Å²) >= 11 is 6.03. The highest BCUT2D eigenvalue weighted by Gasteiger charge is 2.33. The van der Waals surface area contributed by atoms with E-state index in [0.717, 1.165) is 24.0 Å². The maximum Gasteiger partial charge on any atom is 0.318 e. The van der Waals surface area contributed by atoms with E-state index in [1.165, 1.54) is 5.56 Å². The Kier molecular flexibility index (Phi) is 7.32. The first kappa shape index (κ1) is 24.4. The largest absolute Gasteiger partial charge is 0.341 e. The molecule has 3 saturated heterocycles. The van der Waals surface area contributed by atoms with Crippen molar-refractivity contribution in [2.45, 2.75) is 37.3 Å². The Bertz CT molecular complexity index is 1110. The van der Waals surface area contributed by atoms with Gasteiger partial charge in [-0.05, 0) is 47.6 Å². The fourth-order valence-electron chi connectivity index (χ4n) is 5.19. The van der Waals surface area contributed by atoms with E-state index < -0.39 is 6.04 Å². The molecule has 8 nitrogen and oxygen atoms in total. The highest BCUT2D eigenvalue weighted by Crippen LogP contribution is 2.33. The fraction of sp³-hybridized carbons (Fsp3) is 0.407. The van der Waals surface area contributed by atoms with Crippen LogP contribution < -0.4 is 16.0 Å². The number of carbonyl (C=O) groups excluding carboxylic acids is 3. The molecule has 9 heteroatoms. The Labute approximate surface area is 216 Å². The lowest BCUT2D eigenvalue weighted by Crippen LogP contribution is -2.56. The van der Waals surface area contributed by atoms with Crippen LogP contribution in [-0.4, -0.2) is 66.5 Å². The third-order valence-corrected chi connectivity index (χ3v) is 7.58. The highest BCUT2D eigenvalue weighted by atomic mass is 35.5. The van der Waals surface area contributed by atoms with Crippen LogP contribution in [0, 0.1) is 6.42 Å². The Hall–Kier alpha value is -3.26. The molecule has 0 aromatic heterocycles. The highest BCUT2D eigenvalue weighted by molar-refractivity contribution is 6.30. The van der Waals surface area contributed by atoms with Gasteiger partial charge in [-0.2, -0.15) is 0 Å².